The number of nitrogens with one attached hydrogen (secondary N) is 1. The number of nitro benzene ring substituents is 1. The molecular formula is C30H31N5O5S2. The van der Waals surface area contributed by atoms with Crippen LogP contribution in [-0.2, 0) is 9.53 Å². The molecule has 2 heterocycles. The third-order valence-electron chi connectivity index (χ3n) is 6.49. The second-order valence-electron chi connectivity index (χ2n) is 9.56. The fraction of sp³-hybridized carbons (Fsp3) is 0.300. The Morgan fingerprint density at radius 2 is 2.00 bits per heavy atom. The van der Waals surface area contributed by atoms with Crippen molar-refractivity contribution in [2.45, 2.75) is 24.1 Å². The van der Waals surface area contributed by atoms with Crippen molar-refractivity contribution in [1.82, 2.24) is 4.98 Å². The Kier molecular flexibility index (Phi) is 10.0. The maximum atomic E-state index is 12.5. The highest BCUT2D eigenvalue weighted by molar-refractivity contribution is 8.01. The standard InChI is InChI=1S/C30H31N5O5S2/c1-2-3-14-40-24-8-5-22(6-9-24)32-29(36)20-41-30-33-25-10-7-23(18-28(25)42-30)31-19-21-4-11-26(27(17-21)35(37)38)34-12-15-39-16-13-34/h4-11,17-19H,2-3,12-16,20H2,1H3,(H,32,36). The van der Waals surface area contributed by atoms with Crippen molar-refractivity contribution in [3.05, 3.63) is 76.3 Å². The number of amides is 1. The summed E-state index contributed by atoms with van der Waals surface area (Å²) in [5.41, 5.74) is 3.54. The minimum absolute atomic E-state index is 0.0536. The largest absolute Gasteiger partial charge is 0.494 e. The van der Waals surface area contributed by atoms with E-state index < -0.39 is 0 Å². The first-order chi connectivity index (χ1) is 20.5. The maximum Gasteiger partial charge on any atom is 0.293 e. The minimum atomic E-state index is -0.356. The van der Waals surface area contributed by atoms with Gasteiger partial charge in [-0.05, 0) is 60.5 Å². The Morgan fingerprint density at radius 3 is 2.76 bits per heavy atom. The molecule has 5 rings (SSSR count). The van der Waals surface area contributed by atoms with Gasteiger partial charge in [0.05, 0.1) is 46.4 Å². The van der Waals surface area contributed by atoms with E-state index in [1.54, 1.807) is 18.3 Å². The predicted octanol–water partition coefficient (Wildman–Crippen LogP) is 6.70. The molecule has 0 spiro atoms. The molecule has 12 heteroatoms. The summed E-state index contributed by atoms with van der Waals surface area (Å²) in [6.07, 6.45) is 3.71. The zero-order valence-electron chi connectivity index (χ0n) is 23.2. The molecule has 0 bridgehead atoms. The minimum Gasteiger partial charge on any atom is -0.494 e. The smallest absolute Gasteiger partial charge is 0.293 e. The van der Waals surface area contributed by atoms with Gasteiger partial charge in [0.2, 0.25) is 5.91 Å². The molecule has 3 aromatic carbocycles. The predicted molar refractivity (Wildman–Crippen MR) is 169 cm³/mol. The first kappa shape index (κ1) is 29.5. The number of benzene rings is 3. The lowest BCUT2D eigenvalue weighted by Crippen LogP contribution is -2.36. The van der Waals surface area contributed by atoms with E-state index in [1.807, 2.05) is 53.4 Å². The molecule has 42 heavy (non-hydrogen) atoms. The lowest BCUT2D eigenvalue weighted by atomic mass is 10.1. The number of nitrogens with zero attached hydrogens (tertiary/aromatic N) is 4. The zero-order chi connectivity index (χ0) is 29.3. The molecule has 1 N–H and O–H groups in total. The number of rotatable bonds is 12. The van der Waals surface area contributed by atoms with Gasteiger partial charge < -0.3 is 19.7 Å². The highest BCUT2D eigenvalue weighted by atomic mass is 32.2. The van der Waals surface area contributed by atoms with E-state index in [4.69, 9.17) is 9.47 Å². The number of anilines is 2. The lowest BCUT2D eigenvalue weighted by molar-refractivity contribution is -0.384. The number of aliphatic imine (C=N–C) groups is 1. The van der Waals surface area contributed by atoms with E-state index in [2.05, 4.69) is 22.2 Å². The van der Waals surface area contributed by atoms with Gasteiger partial charge in [0.15, 0.2) is 4.34 Å². The van der Waals surface area contributed by atoms with Gasteiger partial charge in [0, 0.05) is 31.1 Å². The van der Waals surface area contributed by atoms with E-state index in [0.717, 1.165) is 38.8 Å². The second kappa shape index (κ2) is 14.3. The number of carbonyl (C=O) groups is 1. The quantitative estimate of drug-likeness (QED) is 0.0623. The molecule has 1 aromatic heterocycles. The van der Waals surface area contributed by atoms with Crippen LogP contribution in [0.5, 0.6) is 5.75 Å². The van der Waals surface area contributed by atoms with Crippen LogP contribution in [0.4, 0.5) is 22.7 Å². The number of fused-ring (bicyclic) bond motifs is 1. The van der Waals surface area contributed by atoms with E-state index in [-0.39, 0.29) is 22.3 Å². The van der Waals surface area contributed by atoms with Gasteiger partial charge in [-0.2, -0.15) is 0 Å². The molecular weight excluding hydrogens is 574 g/mol. The number of hydrogen-bond acceptors (Lipinski definition) is 10. The van der Waals surface area contributed by atoms with Gasteiger partial charge in [-0.15, -0.1) is 11.3 Å². The third kappa shape index (κ3) is 7.84. The fourth-order valence-electron chi connectivity index (χ4n) is 4.32. The van der Waals surface area contributed by atoms with Crippen LogP contribution in [0, 0.1) is 10.1 Å². The summed E-state index contributed by atoms with van der Waals surface area (Å²) in [4.78, 5) is 35.0. The number of morpholine rings is 1. The van der Waals surface area contributed by atoms with Crippen molar-refractivity contribution < 1.29 is 19.2 Å². The number of ether oxygens (including phenoxy) is 2. The highest BCUT2D eigenvalue weighted by Gasteiger charge is 2.21. The third-order valence-corrected chi connectivity index (χ3v) is 8.66. The van der Waals surface area contributed by atoms with Gasteiger partial charge in [0.25, 0.3) is 5.69 Å². The van der Waals surface area contributed by atoms with E-state index in [9.17, 15) is 14.9 Å². The molecule has 1 aliphatic rings. The van der Waals surface area contributed by atoms with Crippen molar-refractivity contribution >= 4 is 68.2 Å². The Morgan fingerprint density at radius 1 is 1.19 bits per heavy atom. The Bertz CT molecular complexity index is 1570. The van der Waals surface area contributed by atoms with Gasteiger partial charge in [-0.3, -0.25) is 19.9 Å². The summed E-state index contributed by atoms with van der Waals surface area (Å²) in [5.74, 6) is 0.911. The maximum absolute atomic E-state index is 12.5. The zero-order valence-corrected chi connectivity index (χ0v) is 24.8. The Hall–Kier alpha value is -4.00. The molecule has 0 aliphatic carbocycles. The van der Waals surface area contributed by atoms with E-state index in [1.165, 1.54) is 23.1 Å². The number of thioether (sulfide) groups is 1. The highest BCUT2D eigenvalue weighted by Crippen LogP contribution is 2.33. The monoisotopic (exact) mass is 605 g/mol. The number of unbranched alkanes of at least 4 members (excludes halogenated alkanes) is 1. The van der Waals surface area contributed by atoms with Crippen molar-refractivity contribution in [1.29, 1.82) is 0 Å². The van der Waals surface area contributed by atoms with Gasteiger partial charge >= 0.3 is 0 Å². The van der Waals surface area contributed by atoms with Crippen LogP contribution in [0.2, 0.25) is 0 Å². The molecule has 1 amide bonds. The van der Waals surface area contributed by atoms with Gasteiger partial charge in [-0.25, -0.2) is 4.98 Å². The average molecular weight is 606 g/mol. The summed E-state index contributed by atoms with van der Waals surface area (Å²) in [5, 5.41) is 14.7. The van der Waals surface area contributed by atoms with Crippen molar-refractivity contribution in [2.24, 2.45) is 4.99 Å². The van der Waals surface area contributed by atoms with Gasteiger partial charge in [0.1, 0.15) is 11.4 Å². The number of hydrogen-bond donors (Lipinski definition) is 1. The van der Waals surface area contributed by atoms with Crippen LogP contribution in [0.25, 0.3) is 10.2 Å². The number of aromatic nitrogens is 1. The molecule has 1 fully saturated rings. The number of thiazole rings is 1. The molecule has 0 saturated carbocycles. The number of carbonyl (C=O) groups excluding carboxylic acids is 1. The topological polar surface area (TPSA) is 119 Å². The van der Waals surface area contributed by atoms with E-state index in [0.29, 0.717) is 49.8 Å². The first-order valence-corrected chi connectivity index (χ1v) is 15.5. The van der Waals surface area contributed by atoms with Crippen LogP contribution in [0.1, 0.15) is 25.3 Å². The van der Waals surface area contributed by atoms with Crippen LogP contribution < -0.4 is 15.0 Å². The molecule has 0 atom stereocenters. The van der Waals surface area contributed by atoms with Crippen molar-refractivity contribution in [3.63, 3.8) is 0 Å². The van der Waals surface area contributed by atoms with E-state index >= 15 is 0 Å². The summed E-state index contributed by atoms with van der Waals surface area (Å²) in [6, 6.07) is 18.2. The van der Waals surface area contributed by atoms with Crippen LogP contribution >= 0.6 is 23.1 Å². The molecule has 4 aromatic rings. The Labute approximate surface area is 251 Å². The molecule has 0 radical (unpaired) electrons. The molecule has 10 nitrogen and oxygen atoms in total. The van der Waals surface area contributed by atoms with Crippen LogP contribution in [0.15, 0.2) is 70.0 Å². The summed E-state index contributed by atoms with van der Waals surface area (Å²) < 4.78 is 12.8. The van der Waals surface area contributed by atoms with Crippen LogP contribution in [-0.4, -0.2) is 60.7 Å². The lowest BCUT2D eigenvalue weighted by Gasteiger charge is -2.28. The molecule has 218 valence electrons. The normalized spacial score (nSPS) is 13.5. The first-order valence-electron chi connectivity index (χ1n) is 13.7. The fourth-order valence-corrected chi connectivity index (χ4v) is 6.22. The summed E-state index contributed by atoms with van der Waals surface area (Å²) >= 11 is 2.87. The molecule has 1 aliphatic heterocycles. The average Bonchev–Trinajstić information content (AvgIpc) is 3.42. The Balaban J connectivity index is 1.18. The van der Waals surface area contributed by atoms with Crippen molar-refractivity contribution in [2.75, 3.05) is 48.9 Å². The SMILES string of the molecule is CCCCOc1ccc(NC(=O)CSc2nc3ccc(N=Cc4ccc(N5CCOCC5)c([N+](=O)[O-])c4)cc3s2)cc1. The van der Waals surface area contributed by atoms with Gasteiger partial charge in [-0.1, -0.05) is 31.2 Å². The summed E-state index contributed by atoms with van der Waals surface area (Å²) in [6.45, 7) is 5.15. The summed E-state index contributed by atoms with van der Waals surface area (Å²) in [7, 11) is 0. The molecule has 0 unspecified atom stereocenters. The second-order valence-corrected chi connectivity index (χ2v) is 11.8. The van der Waals surface area contributed by atoms with Crippen molar-refractivity contribution in [3.8, 4) is 5.75 Å². The molecule has 1 saturated heterocycles. The van der Waals surface area contributed by atoms with Crippen LogP contribution in [0.3, 0.4) is 0 Å². The number of nitro groups is 1.